The van der Waals surface area contributed by atoms with Crippen molar-refractivity contribution in [3.8, 4) is 28.7 Å². The van der Waals surface area contributed by atoms with E-state index in [1.807, 2.05) is 0 Å². The Morgan fingerprint density at radius 3 is 2.35 bits per heavy atom. The van der Waals surface area contributed by atoms with Crippen LogP contribution in [-0.4, -0.2) is 34.2 Å². The smallest absolute Gasteiger partial charge is 0.335 e. The molecule has 5 aromatic rings. The number of benzene rings is 3. The fourth-order valence-electron chi connectivity index (χ4n) is 4.36. The SMILES string of the molecule is C=CCn1cc(C(=O)Nc2ccc(Oc3ccnc4cc(OC)c(OC)cc34)c(F)c2)c(=O)n(-c2ccc(F)cc2)c1=O. The van der Waals surface area contributed by atoms with Gasteiger partial charge in [0.1, 0.15) is 17.1 Å². The van der Waals surface area contributed by atoms with Gasteiger partial charge in [0.25, 0.3) is 11.5 Å². The lowest BCUT2D eigenvalue weighted by atomic mass is 10.1. The van der Waals surface area contributed by atoms with E-state index < -0.39 is 34.4 Å². The highest BCUT2D eigenvalue weighted by Crippen LogP contribution is 2.37. The van der Waals surface area contributed by atoms with Gasteiger partial charge < -0.3 is 19.5 Å². The lowest BCUT2D eigenvalue weighted by Crippen LogP contribution is -2.42. The monoisotopic (exact) mass is 586 g/mol. The summed E-state index contributed by atoms with van der Waals surface area (Å²) >= 11 is 0. The molecular weight excluding hydrogens is 562 g/mol. The first kappa shape index (κ1) is 28.7. The lowest BCUT2D eigenvalue weighted by Gasteiger charge is -2.14. The summed E-state index contributed by atoms with van der Waals surface area (Å²) in [7, 11) is 2.98. The minimum absolute atomic E-state index is 0.0103. The number of amides is 1. The van der Waals surface area contributed by atoms with Gasteiger partial charge in [-0.2, -0.15) is 0 Å². The Morgan fingerprint density at radius 2 is 1.67 bits per heavy atom. The zero-order valence-corrected chi connectivity index (χ0v) is 23.0. The minimum atomic E-state index is -0.938. The molecular formula is C31H24F2N4O6. The van der Waals surface area contributed by atoms with Crippen molar-refractivity contribution in [2.75, 3.05) is 19.5 Å². The average molecular weight is 587 g/mol. The number of carbonyl (C=O) groups excluding carboxylic acids is 1. The molecule has 0 saturated heterocycles. The van der Waals surface area contributed by atoms with E-state index in [1.54, 1.807) is 18.2 Å². The second-order valence-corrected chi connectivity index (χ2v) is 9.12. The number of nitrogens with one attached hydrogen (secondary N) is 1. The van der Waals surface area contributed by atoms with Crippen LogP contribution in [0.1, 0.15) is 10.4 Å². The fourth-order valence-corrected chi connectivity index (χ4v) is 4.36. The average Bonchev–Trinajstić information content (AvgIpc) is 3.00. The van der Waals surface area contributed by atoms with E-state index in [-0.39, 0.29) is 23.7 Å². The molecule has 12 heteroatoms. The quantitative estimate of drug-likeness (QED) is 0.240. The molecule has 0 aliphatic heterocycles. The summed E-state index contributed by atoms with van der Waals surface area (Å²) in [5.41, 5.74) is -1.47. The third kappa shape index (κ3) is 5.71. The molecule has 1 amide bonds. The first-order valence-electron chi connectivity index (χ1n) is 12.8. The summed E-state index contributed by atoms with van der Waals surface area (Å²) in [5.74, 6) is -1.20. The Hall–Kier alpha value is -5.78. The highest BCUT2D eigenvalue weighted by molar-refractivity contribution is 6.04. The topological polar surface area (TPSA) is 114 Å². The zero-order valence-electron chi connectivity index (χ0n) is 23.0. The van der Waals surface area contributed by atoms with Crippen LogP contribution < -0.4 is 30.8 Å². The molecule has 0 aliphatic rings. The Kier molecular flexibility index (Phi) is 8.01. The van der Waals surface area contributed by atoms with Crippen LogP contribution in [0.3, 0.4) is 0 Å². The van der Waals surface area contributed by atoms with E-state index in [2.05, 4.69) is 16.9 Å². The lowest BCUT2D eigenvalue weighted by molar-refractivity contribution is 0.102. The number of pyridine rings is 1. The van der Waals surface area contributed by atoms with E-state index in [4.69, 9.17) is 14.2 Å². The summed E-state index contributed by atoms with van der Waals surface area (Å²) in [6.45, 7) is 3.58. The van der Waals surface area contributed by atoms with Gasteiger partial charge in [0.2, 0.25) is 0 Å². The van der Waals surface area contributed by atoms with Crippen LogP contribution in [0.2, 0.25) is 0 Å². The molecule has 43 heavy (non-hydrogen) atoms. The molecule has 1 N–H and O–H groups in total. The Labute approximate surface area is 243 Å². The number of ether oxygens (including phenoxy) is 3. The van der Waals surface area contributed by atoms with Gasteiger partial charge in [0.15, 0.2) is 23.1 Å². The number of carbonyl (C=O) groups is 1. The molecule has 2 heterocycles. The third-order valence-corrected chi connectivity index (χ3v) is 6.43. The number of rotatable bonds is 9. The van der Waals surface area contributed by atoms with E-state index >= 15 is 4.39 Å². The van der Waals surface area contributed by atoms with Gasteiger partial charge >= 0.3 is 5.69 Å². The van der Waals surface area contributed by atoms with Crippen molar-refractivity contribution in [1.29, 1.82) is 0 Å². The van der Waals surface area contributed by atoms with Crippen LogP contribution in [0.15, 0.2) is 95.3 Å². The molecule has 0 aliphatic carbocycles. The maximum absolute atomic E-state index is 15.2. The van der Waals surface area contributed by atoms with Crippen molar-refractivity contribution in [2.24, 2.45) is 0 Å². The van der Waals surface area contributed by atoms with Gasteiger partial charge in [-0.15, -0.1) is 6.58 Å². The van der Waals surface area contributed by atoms with Gasteiger partial charge in [-0.25, -0.2) is 18.1 Å². The molecule has 0 unspecified atom stereocenters. The minimum Gasteiger partial charge on any atom is -0.493 e. The molecule has 0 radical (unpaired) electrons. The number of aromatic nitrogens is 3. The van der Waals surface area contributed by atoms with Crippen molar-refractivity contribution in [1.82, 2.24) is 14.1 Å². The van der Waals surface area contributed by atoms with Gasteiger partial charge in [-0.1, -0.05) is 6.08 Å². The maximum Gasteiger partial charge on any atom is 0.335 e. The predicted octanol–water partition coefficient (Wildman–Crippen LogP) is 5.07. The molecule has 3 aromatic carbocycles. The van der Waals surface area contributed by atoms with Crippen LogP contribution in [0.5, 0.6) is 23.0 Å². The number of methoxy groups -OCH3 is 2. The van der Waals surface area contributed by atoms with Crippen LogP contribution in [0.4, 0.5) is 14.5 Å². The number of hydrogen-bond acceptors (Lipinski definition) is 7. The second-order valence-electron chi connectivity index (χ2n) is 9.12. The number of fused-ring (bicyclic) bond motifs is 1. The number of anilines is 1. The van der Waals surface area contributed by atoms with Gasteiger partial charge in [-0.05, 0) is 48.5 Å². The predicted molar refractivity (Wildman–Crippen MR) is 156 cm³/mol. The number of nitrogens with zero attached hydrogens (tertiary/aromatic N) is 3. The summed E-state index contributed by atoms with van der Waals surface area (Å²) < 4.78 is 47.0. The molecule has 218 valence electrons. The molecule has 0 bridgehead atoms. The molecule has 0 saturated carbocycles. The molecule has 5 rings (SSSR count). The Bertz CT molecular complexity index is 1990. The highest BCUT2D eigenvalue weighted by atomic mass is 19.1. The summed E-state index contributed by atoms with van der Waals surface area (Å²) in [6.07, 6.45) is 4.00. The van der Waals surface area contributed by atoms with Crippen molar-refractivity contribution < 1.29 is 27.8 Å². The van der Waals surface area contributed by atoms with Crippen molar-refractivity contribution in [3.63, 3.8) is 0 Å². The van der Waals surface area contributed by atoms with E-state index in [1.165, 1.54) is 50.8 Å². The van der Waals surface area contributed by atoms with Crippen molar-refractivity contribution >= 4 is 22.5 Å². The zero-order chi connectivity index (χ0) is 30.7. The fraction of sp³-hybridized carbons (Fsp3) is 0.0968. The first-order chi connectivity index (χ1) is 20.7. The van der Waals surface area contributed by atoms with E-state index in [9.17, 15) is 18.8 Å². The van der Waals surface area contributed by atoms with Crippen molar-refractivity contribution in [2.45, 2.75) is 6.54 Å². The number of hydrogen-bond donors (Lipinski definition) is 1. The number of halogens is 2. The normalized spacial score (nSPS) is 10.8. The van der Waals surface area contributed by atoms with Crippen molar-refractivity contribution in [3.05, 3.63) is 124 Å². The van der Waals surface area contributed by atoms with Crippen LogP contribution in [-0.2, 0) is 6.54 Å². The summed E-state index contributed by atoms with van der Waals surface area (Å²) in [5, 5.41) is 3.02. The molecule has 0 spiro atoms. The third-order valence-electron chi connectivity index (χ3n) is 6.43. The summed E-state index contributed by atoms with van der Waals surface area (Å²) in [4.78, 5) is 43.7. The standard InChI is InChI=1S/C31H24F2N4O6/c1-4-13-36-17-22(30(39)37(31(36)40)20-8-5-18(32)6-9-20)29(38)35-19-7-10-26(23(33)14-19)43-25-11-12-34-24-16-28(42-3)27(41-2)15-21(24)25/h4-12,14-17H,1,13H2,2-3H3,(H,35,38). The molecule has 0 atom stereocenters. The van der Waals surface area contributed by atoms with Crippen LogP contribution >= 0.6 is 0 Å². The van der Waals surface area contributed by atoms with E-state index in [0.717, 1.165) is 33.5 Å². The highest BCUT2D eigenvalue weighted by Gasteiger charge is 2.20. The van der Waals surface area contributed by atoms with E-state index in [0.29, 0.717) is 28.2 Å². The largest absolute Gasteiger partial charge is 0.493 e. The van der Waals surface area contributed by atoms with Gasteiger partial charge in [0, 0.05) is 42.1 Å². The molecule has 10 nitrogen and oxygen atoms in total. The van der Waals surface area contributed by atoms with Gasteiger partial charge in [-0.3, -0.25) is 19.1 Å². The number of allylic oxidation sites excluding steroid dienone is 1. The van der Waals surface area contributed by atoms with Crippen LogP contribution in [0, 0.1) is 11.6 Å². The maximum atomic E-state index is 15.2. The Morgan fingerprint density at radius 1 is 0.953 bits per heavy atom. The molecule has 2 aromatic heterocycles. The Balaban J connectivity index is 1.45. The second kappa shape index (κ2) is 12.0. The first-order valence-corrected chi connectivity index (χ1v) is 12.8. The summed E-state index contributed by atoms with van der Waals surface area (Å²) in [6, 6.07) is 13.3. The van der Waals surface area contributed by atoms with Gasteiger partial charge in [0.05, 0.1) is 25.4 Å². The van der Waals surface area contributed by atoms with Crippen LogP contribution in [0.25, 0.3) is 16.6 Å². The molecule has 0 fully saturated rings.